The summed E-state index contributed by atoms with van der Waals surface area (Å²) in [5.41, 5.74) is 0.973. The number of hydrogen-bond acceptors (Lipinski definition) is 2. The third kappa shape index (κ3) is 5.09. The monoisotopic (exact) mass is 287 g/mol. The second-order valence-electron chi connectivity index (χ2n) is 4.62. The van der Waals surface area contributed by atoms with Gasteiger partial charge in [-0.2, -0.15) is 0 Å². The summed E-state index contributed by atoms with van der Waals surface area (Å²) in [6.07, 6.45) is 0.922. The normalized spacial score (nSPS) is 16.2. The summed E-state index contributed by atoms with van der Waals surface area (Å²) >= 11 is 6.08. The first-order chi connectivity index (χ1) is 8.54. The highest BCUT2D eigenvalue weighted by Gasteiger charge is 2.15. The Morgan fingerprint density at radius 1 is 1.33 bits per heavy atom. The van der Waals surface area contributed by atoms with Crippen molar-refractivity contribution in [3.8, 4) is 0 Å². The lowest BCUT2D eigenvalue weighted by atomic mass is 10.2. The third-order valence-electron chi connectivity index (χ3n) is 2.94. The van der Waals surface area contributed by atoms with Crippen LogP contribution in [0.3, 0.4) is 0 Å². The minimum absolute atomic E-state index is 0.176. The fraction of sp³-hybridized carbons (Fsp3) is 0.571. The SMILES string of the molecule is CCNC(C)CC(C)S(=O)Cc1ccccc1Cl. The second kappa shape index (κ2) is 7.93. The zero-order valence-electron chi connectivity index (χ0n) is 11.3. The lowest BCUT2D eigenvalue weighted by Crippen LogP contribution is -2.30. The van der Waals surface area contributed by atoms with Gasteiger partial charge in [0.15, 0.2) is 0 Å². The van der Waals surface area contributed by atoms with Gasteiger partial charge in [-0.1, -0.05) is 43.6 Å². The second-order valence-corrected chi connectivity index (χ2v) is 6.88. The molecule has 0 heterocycles. The number of nitrogens with one attached hydrogen (secondary N) is 1. The van der Waals surface area contributed by atoms with E-state index in [9.17, 15) is 4.21 Å². The molecule has 0 amide bonds. The van der Waals surface area contributed by atoms with Gasteiger partial charge in [0.2, 0.25) is 0 Å². The average molecular weight is 288 g/mol. The molecule has 2 nitrogen and oxygen atoms in total. The first-order valence-corrected chi connectivity index (χ1v) is 8.14. The molecule has 4 heteroatoms. The van der Waals surface area contributed by atoms with Crippen LogP contribution in [0.25, 0.3) is 0 Å². The predicted octanol–water partition coefficient (Wildman–Crippen LogP) is 3.37. The molecule has 0 saturated heterocycles. The molecule has 0 aliphatic carbocycles. The van der Waals surface area contributed by atoms with E-state index in [1.54, 1.807) is 0 Å². The molecule has 18 heavy (non-hydrogen) atoms. The highest BCUT2D eigenvalue weighted by atomic mass is 35.5. The van der Waals surface area contributed by atoms with Gasteiger partial charge < -0.3 is 5.32 Å². The average Bonchev–Trinajstić information content (AvgIpc) is 2.32. The molecule has 1 N–H and O–H groups in total. The molecule has 3 unspecified atom stereocenters. The molecule has 0 spiro atoms. The fourth-order valence-corrected chi connectivity index (χ4v) is 3.58. The predicted molar refractivity (Wildman–Crippen MR) is 80.5 cm³/mol. The van der Waals surface area contributed by atoms with Crippen molar-refractivity contribution in [1.82, 2.24) is 5.32 Å². The summed E-state index contributed by atoms with van der Waals surface area (Å²) in [4.78, 5) is 0. The van der Waals surface area contributed by atoms with Crippen molar-refractivity contribution in [1.29, 1.82) is 0 Å². The van der Waals surface area contributed by atoms with Crippen molar-refractivity contribution in [2.24, 2.45) is 0 Å². The van der Waals surface area contributed by atoms with Crippen LogP contribution in [0.5, 0.6) is 0 Å². The van der Waals surface area contributed by atoms with Gasteiger partial charge in [-0.15, -0.1) is 0 Å². The van der Waals surface area contributed by atoms with Gasteiger partial charge in [-0.25, -0.2) is 0 Å². The molecule has 102 valence electrons. The zero-order valence-corrected chi connectivity index (χ0v) is 12.9. The molecule has 0 aromatic heterocycles. The lowest BCUT2D eigenvalue weighted by molar-refractivity contribution is 0.524. The summed E-state index contributed by atoms with van der Waals surface area (Å²) in [6.45, 7) is 7.21. The Bertz CT molecular complexity index is 397. The van der Waals surface area contributed by atoms with E-state index in [2.05, 4.69) is 19.2 Å². The zero-order chi connectivity index (χ0) is 13.5. The Balaban J connectivity index is 2.52. The summed E-state index contributed by atoms with van der Waals surface area (Å²) in [7, 11) is -0.875. The molecule has 0 fully saturated rings. The molecule has 0 saturated carbocycles. The Morgan fingerprint density at radius 2 is 2.00 bits per heavy atom. The number of halogens is 1. The first-order valence-electron chi connectivity index (χ1n) is 6.38. The maximum Gasteiger partial charge on any atom is 0.0503 e. The quantitative estimate of drug-likeness (QED) is 0.833. The van der Waals surface area contributed by atoms with Gasteiger partial charge >= 0.3 is 0 Å². The Morgan fingerprint density at radius 3 is 2.61 bits per heavy atom. The first kappa shape index (κ1) is 15.7. The van der Waals surface area contributed by atoms with E-state index in [0.717, 1.165) is 18.5 Å². The van der Waals surface area contributed by atoms with Crippen LogP contribution in [-0.4, -0.2) is 22.0 Å². The molecular weight excluding hydrogens is 266 g/mol. The molecule has 0 radical (unpaired) electrons. The Kier molecular flexibility index (Phi) is 6.90. The van der Waals surface area contributed by atoms with E-state index in [-0.39, 0.29) is 5.25 Å². The summed E-state index contributed by atoms with van der Waals surface area (Å²) < 4.78 is 12.2. The van der Waals surface area contributed by atoms with Gasteiger partial charge in [0.05, 0.1) is 5.75 Å². The third-order valence-corrected chi connectivity index (χ3v) is 5.00. The summed E-state index contributed by atoms with van der Waals surface area (Å²) in [5.74, 6) is 0.541. The van der Waals surface area contributed by atoms with Gasteiger partial charge in [-0.3, -0.25) is 4.21 Å². The van der Waals surface area contributed by atoms with Crippen LogP contribution in [0.4, 0.5) is 0 Å². The van der Waals surface area contributed by atoms with Crippen LogP contribution in [0.1, 0.15) is 32.8 Å². The smallest absolute Gasteiger partial charge is 0.0503 e. The maximum absolute atomic E-state index is 12.2. The number of rotatable bonds is 7. The van der Waals surface area contributed by atoms with Gasteiger partial charge in [0, 0.05) is 27.1 Å². The molecule has 1 rings (SSSR count). The van der Waals surface area contributed by atoms with Crippen LogP contribution < -0.4 is 5.32 Å². The molecule has 3 atom stereocenters. The largest absolute Gasteiger partial charge is 0.314 e. The van der Waals surface area contributed by atoms with E-state index < -0.39 is 10.8 Å². The summed E-state index contributed by atoms with van der Waals surface area (Å²) in [6, 6.07) is 8.02. The summed E-state index contributed by atoms with van der Waals surface area (Å²) in [5, 5.41) is 4.23. The van der Waals surface area contributed by atoms with Crippen molar-refractivity contribution in [3.05, 3.63) is 34.9 Å². The highest BCUT2D eigenvalue weighted by Crippen LogP contribution is 2.19. The fourth-order valence-electron chi connectivity index (χ4n) is 1.95. The van der Waals surface area contributed by atoms with Crippen molar-refractivity contribution < 1.29 is 4.21 Å². The van der Waals surface area contributed by atoms with E-state index in [1.807, 2.05) is 31.2 Å². The minimum atomic E-state index is -0.875. The Hall–Kier alpha value is -0.380. The molecule has 0 aliphatic heterocycles. The van der Waals surface area contributed by atoms with Crippen LogP contribution in [0.15, 0.2) is 24.3 Å². The number of benzene rings is 1. The van der Waals surface area contributed by atoms with Gasteiger partial charge in [0.25, 0.3) is 0 Å². The topological polar surface area (TPSA) is 29.1 Å². The molecule has 0 bridgehead atoms. The minimum Gasteiger partial charge on any atom is -0.314 e. The molecule has 1 aromatic rings. The lowest BCUT2D eigenvalue weighted by Gasteiger charge is -2.17. The van der Waals surface area contributed by atoms with Crippen molar-refractivity contribution in [3.63, 3.8) is 0 Å². The van der Waals surface area contributed by atoms with Crippen LogP contribution in [-0.2, 0) is 16.6 Å². The number of hydrogen-bond donors (Lipinski definition) is 1. The van der Waals surface area contributed by atoms with Gasteiger partial charge in [-0.05, 0) is 31.5 Å². The molecular formula is C14H22ClNOS. The van der Waals surface area contributed by atoms with E-state index >= 15 is 0 Å². The standard InChI is InChI=1S/C14H22ClNOS/c1-4-16-11(2)9-12(3)18(17)10-13-7-5-6-8-14(13)15/h5-8,11-12,16H,4,9-10H2,1-3H3. The van der Waals surface area contributed by atoms with Crippen molar-refractivity contribution >= 4 is 22.4 Å². The Labute approximate surface area is 118 Å². The van der Waals surface area contributed by atoms with Crippen molar-refractivity contribution in [2.45, 2.75) is 44.2 Å². The highest BCUT2D eigenvalue weighted by molar-refractivity contribution is 7.84. The molecule has 0 aliphatic rings. The van der Waals surface area contributed by atoms with E-state index in [4.69, 9.17) is 11.6 Å². The van der Waals surface area contributed by atoms with Crippen molar-refractivity contribution in [2.75, 3.05) is 6.54 Å². The molecule has 1 aromatic carbocycles. The van der Waals surface area contributed by atoms with Gasteiger partial charge in [0.1, 0.15) is 0 Å². The van der Waals surface area contributed by atoms with E-state index in [1.165, 1.54) is 0 Å². The maximum atomic E-state index is 12.2. The van der Waals surface area contributed by atoms with Crippen LogP contribution in [0, 0.1) is 0 Å². The van der Waals surface area contributed by atoms with Crippen LogP contribution >= 0.6 is 11.6 Å². The van der Waals surface area contributed by atoms with Crippen LogP contribution in [0.2, 0.25) is 5.02 Å². The van der Waals surface area contributed by atoms with E-state index in [0.29, 0.717) is 16.8 Å².